The highest BCUT2D eigenvalue weighted by molar-refractivity contribution is 4.94. The smallest absolute Gasteiger partial charge is 0.0975 e. The normalized spacial score (nSPS) is 28.3. The van der Waals surface area contributed by atoms with Crippen LogP contribution in [0, 0.1) is 11.3 Å². The molecular weight excluding hydrogens is 138 g/mol. The number of nitriles is 1. The minimum atomic E-state index is 0.0866. The number of nitrogens with two attached hydrogens (primary N) is 1. The van der Waals surface area contributed by atoms with Gasteiger partial charge in [-0.15, -0.1) is 0 Å². The van der Waals surface area contributed by atoms with E-state index in [-0.39, 0.29) is 12.1 Å². The topological polar surface area (TPSA) is 53.0 Å². The Bertz CT molecular complexity index is 161. The third-order valence-corrected chi connectivity index (χ3v) is 2.23. The van der Waals surface area contributed by atoms with Crippen molar-refractivity contribution in [2.75, 3.05) is 13.1 Å². The van der Waals surface area contributed by atoms with E-state index in [2.05, 4.69) is 11.0 Å². The summed E-state index contributed by atoms with van der Waals surface area (Å²) in [6, 6.07) is 2.66. The zero-order chi connectivity index (χ0) is 8.27. The van der Waals surface area contributed by atoms with Crippen LogP contribution >= 0.6 is 0 Å². The number of rotatable bonds is 2. The monoisotopic (exact) mass is 153 g/mol. The summed E-state index contributed by atoms with van der Waals surface area (Å²) in [5.41, 5.74) is 5.72. The predicted molar refractivity (Wildman–Crippen MR) is 43.9 cm³/mol. The average Bonchev–Trinajstić information content (AvgIpc) is 2.39. The maximum atomic E-state index is 8.74. The van der Waals surface area contributed by atoms with Crippen molar-refractivity contribution < 1.29 is 0 Å². The summed E-state index contributed by atoms with van der Waals surface area (Å²) < 4.78 is 0. The molecule has 1 fully saturated rings. The van der Waals surface area contributed by atoms with Crippen molar-refractivity contribution in [2.24, 2.45) is 5.73 Å². The quantitative estimate of drug-likeness (QED) is 0.621. The van der Waals surface area contributed by atoms with Gasteiger partial charge in [0.1, 0.15) is 0 Å². The Morgan fingerprint density at radius 3 is 2.91 bits per heavy atom. The standard InChI is InChI=1S/C8H15N3/c1-2-8(5-9)11-4-3-7(10)6-11/h7-8H,2-4,6,10H2,1H3/t7-,8?/m0/s1. The molecule has 0 radical (unpaired) electrons. The van der Waals surface area contributed by atoms with Gasteiger partial charge in [-0.05, 0) is 12.8 Å². The van der Waals surface area contributed by atoms with E-state index in [1.54, 1.807) is 0 Å². The molecule has 0 aromatic heterocycles. The summed E-state index contributed by atoms with van der Waals surface area (Å²) in [6.45, 7) is 3.93. The molecule has 0 aromatic carbocycles. The van der Waals surface area contributed by atoms with Gasteiger partial charge < -0.3 is 5.73 Å². The van der Waals surface area contributed by atoms with Crippen LogP contribution < -0.4 is 5.73 Å². The highest BCUT2D eigenvalue weighted by Crippen LogP contribution is 2.12. The lowest BCUT2D eigenvalue weighted by Gasteiger charge is -2.19. The van der Waals surface area contributed by atoms with Gasteiger partial charge in [0.15, 0.2) is 0 Å². The minimum absolute atomic E-state index is 0.0866. The van der Waals surface area contributed by atoms with E-state index < -0.39 is 0 Å². The van der Waals surface area contributed by atoms with Gasteiger partial charge in [-0.1, -0.05) is 6.92 Å². The Morgan fingerprint density at radius 1 is 1.82 bits per heavy atom. The van der Waals surface area contributed by atoms with E-state index in [0.29, 0.717) is 0 Å². The fraction of sp³-hybridized carbons (Fsp3) is 0.875. The second-order valence-electron chi connectivity index (χ2n) is 3.10. The number of hydrogen-bond donors (Lipinski definition) is 1. The highest BCUT2D eigenvalue weighted by atomic mass is 15.2. The third kappa shape index (κ3) is 1.92. The lowest BCUT2D eigenvalue weighted by molar-refractivity contribution is 0.280. The number of likely N-dealkylation sites (tertiary alicyclic amines) is 1. The molecule has 1 heterocycles. The van der Waals surface area contributed by atoms with Crippen LogP contribution in [0.4, 0.5) is 0 Å². The lowest BCUT2D eigenvalue weighted by Crippen LogP contribution is -2.34. The molecule has 0 bridgehead atoms. The fourth-order valence-electron chi connectivity index (χ4n) is 1.53. The van der Waals surface area contributed by atoms with Crippen LogP contribution in [0.1, 0.15) is 19.8 Å². The molecule has 0 aromatic rings. The summed E-state index contributed by atoms with van der Waals surface area (Å²) in [6.07, 6.45) is 1.95. The first kappa shape index (κ1) is 8.51. The molecule has 1 saturated heterocycles. The van der Waals surface area contributed by atoms with E-state index in [0.717, 1.165) is 25.9 Å². The second-order valence-corrected chi connectivity index (χ2v) is 3.10. The van der Waals surface area contributed by atoms with Gasteiger partial charge in [-0.25, -0.2) is 0 Å². The van der Waals surface area contributed by atoms with Crippen molar-refractivity contribution in [3.8, 4) is 6.07 Å². The van der Waals surface area contributed by atoms with E-state index in [1.807, 2.05) is 6.92 Å². The zero-order valence-electron chi connectivity index (χ0n) is 6.95. The Hall–Kier alpha value is -0.590. The van der Waals surface area contributed by atoms with E-state index in [9.17, 15) is 0 Å². The molecule has 11 heavy (non-hydrogen) atoms. The molecule has 62 valence electrons. The molecule has 2 N–H and O–H groups in total. The van der Waals surface area contributed by atoms with Gasteiger partial charge in [-0.2, -0.15) is 5.26 Å². The van der Waals surface area contributed by atoms with Crippen molar-refractivity contribution >= 4 is 0 Å². The van der Waals surface area contributed by atoms with Crippen molar-refractivity contribution in [3.63, 3.8) is 0 Å². The fourth-order valence-corrected chi connectivity index (χ4v) is 1.53. The van der Waals surface area contributed by atoms with Crippen LogP contribution in [0.15, 0.2) is 0 Å². The summed E-state index contributed by atoms with van der Waals surface area (Å²) in [5.74, 6) is 0. The van der Waals surface area contributed by atoms with Gasteiger partial charge in [0.25, 0.3) is 0 Å². The number of hydrogen-bond acceptors (Lipinski definition) is 3. The van der Waals surface area contributed by atoms with E-state index in [4.69, 9.17) is 11.0 Å². The molecular formula is C8H15N3. The van der Waals surface area contributed by atoms with Gasteiger partial charge >= 0.3 is 0 Å². The van der Waals surface area contributed by atoms with Crippen LogP contribution in [0.2, 0.25) is 0 Å². The predicted octanol–water partition coefficient (Wildman–Crippen LogP) is 0.322. The Morgan fingerprint density at radius 2 is 2.55 bits per heavy atom. The summed E-state index contributed by atoms with van der Waals surface area (Å²) in [5, 5.41) is 8.74. The van der Waals surface area contributed by atoms with E-state index >= 15 is 0 Å². The zero-order valence-corrected chi connectivity index (χ0v) is 6.95. The Labute approximate surface area is 67.8 Å². The first-order chi connectivity index (χ1) is 5.27. The second kappa shape index (κ2) is 3.70. The van der Waals surface area contributed by atoms with Crippen LogP contribution in [0.25, 0.3) is 0 Å². The highest BCUT2D eigenvalue weighted by Gasteiger charge is 2.24. The van der Waals surface area contributed by atoms with Crippen molar-refractivity contribution in [3.05, 3.63) is 0 Å². The summed E-state index contributed by atoms with van der Waals surface area (Å²) in [7, 11) is 0. The first-order valence-electron chi connectivity index (χ1n) is 4.17. The largest absolute Gasteiger partial charge is 0.326 e. The minimum Gasteiger partial charge on any atom is -0.326 e. The van der Waals surface area contributed by atoms with Crippen LogP contribution in [0.3, 0.4) is 0 Å². The van der Waals surface area contributed by atoms with E-state index in [1.165, 1.54) is 0 Å². The van der Waals surface area contributed by atoms with Crippen molar-refractivity contribution in [1.82, 2.24) is 4.90 Å². The molecule has 0 amide bonds. The average molecular weight is 153 g/mol. The number of nitrogens with zero attached hydrogens (tertiary/aromatic N) is 2. The molecule has 2 atom stereocenters. The third-order valence-electron chi connectivity index (χ3n) is 2.23. The maximum absolute atomic E-state index is 8.74. The van der Waals surface area contributed by atoms with Crippen LogP contribution in [0.5, 0.6) is 0 Å². The molecule has 0 spiro atoms. The first-order valence-corrected chi connectivity index (χ1v) is 4.17. The molecule has 1 unspecified atom stereocenters. The molecule has 3 nitrogen and oxygen atoms in total. The van der Waals surface area contributed by atoms with Crippen molar-refractivity contribution in [1.29, 1.82) is 5.26 Å². The molecule has 1 aliphatic rings. The van der Waals surface area contributed by atoms with Crippen molar-refractivity contribution in [2.45, 2.75) is 31.8 Å². The molecule has 0 saturated carbocycles. The lowest BCUT2D eigenvalue weighted by atomic mass is 10.2. The summed E-state index contributed by atoms with van der Waals surface area (Å²) >= 11 is 0. The van der Waals surface area contributed by atoms with Crippen LogP contribution in [-0.2, 0) is 0 Å². The van der Waals surface area contributed by atoms with Gasteiger partial charge in [0.2, 0.25) is 0 Å². The van der Waals surface area contributed by atoms with Gasteiger partial charge in [0, 0.05) is 19.1 Å². The Balaban J connectivity index is 2.42. The molecule has 0 aliphatic carbocycles. The van der Waals surface area contributed by atoms with Crippen LogP contribution in [-0.4, -0.2) is 30.1 Å². The molecule has 1 rings (SSSR count). The molecule has 3 heteroatoms. The van der Waals surface area contributed by atoms with Gasteiger partial charge in [-0.3, -0.25) is 4.90 Å². The molecule has 1 aliphatic heterocycles. The Kier molecular flexibility index (Phi) is 2.86. The van der Waals surface area contributed by atoms with Gasteiger partial charge in [0.05, 0.1) is 12.1 Å². The maximum Gasteiger partial charge on any atom is 0.0975 e. The SMILES string of the molecule is CCC(C#N)N1CC[C@H](N)C1. The summed E-state index contributed by atoms with van der Waals surface area (Å²) in [4.78, 5) is 2.17.